The summed E-state index contributed by atoms with van der Waals surface area (Å²) in [6, 6.07) is 25.9. The number of phenolic OH excluding ortho intramolecular Hbond substituents is 1. The van der Waals surface area contributed by atoms with Gasteiger partial charge in [-0.25, -0.2) is 9.48 Å². The summed E-state index contributed by atoms with van der Waals surface area (Å²) < 4.78 is 7.40. The van der Waals surface area contributed by atoms with Crippen molar-refractivity contribution in [3.05, 3.63) is 113 Å². The largest absolute Gasteiger partial charge is 0.508 e. The molecule has 3 aromatic carbocycles. The van der Waals surface area contributed by atoms with Crippen LogP contribution in [-0.4, -0.2) is 25.8 Å². The van der Waals surface area contributed by atoms with Gasteiger partial charge in [-0.2, -0.15) is 4.98 Å². The van der Waals surface area contributed by atoms with E-state index in [0.29, 0.717) is 22.4 Å². The quantitative estimate of drug-likeness (QED) is 0.271. The molecule has 0 aliphatic carbocycles. The molecule has 1 aliphatic rings. The third kappa shape index (κ3) is 5.07. The zero-order valence-electron chi connectivity index (χ0n) is 19.1. The van der Waals surface area contributed by atoms with E-state index in [-0.39, 0.29) is 12.4 Å². The maximum atomic E-state index is 13.3. The standard InChI is InChI=1S/C27H24N4O3S/c1-18-23(25(33)34-16-19-8-4-2-5-9-19)24(21-12-14-22(32)15-13-21)31-26(28-18)29-27(30-31)35-17-20-10-6-3-7-11-20/h2-15,24,32H,16-17H2,1H3,(H,28,29,30). The topological polar surface area (TPSA) is 89.3 Å². The molecule has 8 heteroatoms. The van der Waals surface area contributed by atoms with Crippen LogP contribution in [0.5, 0.6) is 5.75 Å². The zero-order valence-corrected chi connectivity index (χ0v) is 19.9. The van der Waals surface area contributed by atoms with E-state index in [4.69, 9.17) is 9.84 Å². The molecule has 0 fully saturated rings. The van der Waals surface area contributed by atoms with Gasteiger partial charge in [0.25, 0.3) is 0 Å². The number of phenols is 1. The van der Waals surface area contributed by atoms with E-state index in [0.717, 1.165) is 16.9 Å². The molecule has 4 aromatic rings. The Labute approximate surface area is 207 Å². The Kier molecular flexibility index (Phi) is 6.54. The predicted octanol–water partition coefficient (Wildman–Crippen LogP) is 5.31. The molecule has 1 aromatic heterocycles. The third-order valence-electron chi connectivity index (χ3n) is 5.69. The number of rotatable bonds is 7. The molecule has 0 spiro atoms. The second-order valence-electron chi connectivity index (χ2n) is 8.16. The van der Waals surface area contributed by atoms with Gasteiger partial charge in [0.1, 0.15) is 18.4 Å². The number of esters is 1. The van der Waals surface area contributed by atoms with Gasteiger partial charge in [-0.05, 0) is 35.7 Å². The number of nitrogens with zero attached hydrogens (tertiary/aromatic N) is 3. The number of hydrogen-bond acceptors (Lipinski definition) is 7. The van der Waals surface area contributed by atoms with Crippen LogP contribution in [0.3, 0.4) is 0 Å². The SMILES string of the molecule is CC1=C(C(=O)OCc2ccccc2)C(c2ccc(O)cc2)n2nc(SCc3ccccc3)nc2N1. The van der Waals surface area contributed by atoms with Gasteiger partial charge in [-0.1, -0.05) is 84.6 Å². The van der Waals surface area contributed by atoms with Gasteiger partial charge in [-0.3, -0.25) is 0 Å². The fourth-order valence-corrected chi connectivity index (χ4v) is 4.73. The normalized spacial score (nSPS) is 14.8. The summed E-state index contributed by atoms with van der Waals surface area (Å²) in [5.74, 6) is 0.994. The molecule has 1 unspecified atom stereocenters. The molecule has 2 heterocycles. The number of thioether (sulfide) groups is 1. The number of aromatic hydroxyl groups is 1. The van der Waals surface area contributed by atoms with Crippen LogP contribution in [-0.2, 0) is 21.9 Å². The smallest absolute Gasteiger partial charge is 0.338 e. The second-order valence-corrected chi connectivity index (χ2v) is 9.10. The molecule has 0 bridgehead atoms. The zero-order chi connectivity index (χ0) is 24.2. The highest BCUT2D eigenvalue weighted by atomic mass is 32.2. The minimum Gasteiger partial charge on any atom is -0.508 e. The Bertz CT molecular complexity index is 1350. The van der Waals surface area contributed by atoms with E-state index in [9.17, 15) is 9.90 Å². The number of benzene rings is 3. The van der Waals surface area contributed by atoms with Crippen molar-refractivity contribution in [2.75, 3.05) is 5.32 Å². The summed E-state index contributed by atoms with van der Waals surface area (Å²) in [7, 11) is 0. The fraction of sp³-hybridized carbons (Fsp3) is 0.148. The van der Waals surface area contributed by atoms with Crippen LogP contribution < -0.4 is 5.32 Å². The molecular weight excluding hydrogens is 460 g/mol. The van der Waals surface area contributed by atoms with Crippen LogP contribution in [0.1, 0.15) is 29.7 Å². The van der Waals surface area contributed by atoms with Gasteiger partial charge >= 0.3 is 5.97 Å². The van der Waals surface area contributed by atoms with Crippen LogP contribution in [0.15, 0.2) is 101 Å². The van der Waals surface area contributed by atoms with E-state index < -0.39 is 12.0 Å². The van der Waals surface area contributed by atoms with Gasteiger partial charge in [0, 0.05) is 11.4 Å². The summed E-state index contributed by atoms with van der Waals surface area (Å²) in [6.07, 6.45) is 0. The number of allylic oxidation sites excluding steroid dienone is 1. The number of fused-ring (bicyclic) bond motifs is 1. The monoisotopic (exact) mass is 484 g/mol. The summed E-state index contributed by atoms with van der Waals surface area (Å²) >= 11 is 1.53. The van der Waals surface area contributed by atoms with Crippen molar-refractivity contribution in [3.8, 4) is 5.75 Å². The van der Waals surface area contributed by atoms with Gasteiger partial charge in [0.2, 0.25) is 11.1 Å². The molecule has 2 N–H and O–H groups in total. The molecule has 0 saturated carbocycles. The van der Waals surface area contributed by atoms with Crippen molar-refractivity contribution in [2.24, 2.45) is 0 Å². The lowest BCUT2D eigenvalue weighted by Gasteiger charge is -2.28. The van der Waals surface area contributed by atoms with Gasteiger partial charge < -0.3 is 15.2 Å². The summed E-state index contributed by atoms with van der Waals surface area (Å²) in [5, 5.41) is 18.4. The minimum atomic E-state index is -0.548. The molecule has 1 atom stereocenters. The summed E-state index contributed by atoms with van der Waals surface area (Å²) in [5.41, 5.74) is 3.98. The lowest BCUT2D eigenvalue weighted by atomic mass is 9.96. The van der Waals surface area contributed by atoms with Gasteiger partial charge in [0.15, 0.2) is 0 Å². The van der Waals surface area contributed by atoms with Gasteiger partial charge in [0.05, 0.1) is 5.57 Å². The van der Waals surface area contributed by atoms with Crippen molar-refractivity contribution >= 4 is 23.7 Å². The molecule has 1 aliphatic heterocycles. The predicted molar refractivity (Wildman–Crippen MR) is 135 cm³/mol. The average Bonchev–Trinajstić information content (AvgIpc) is 3.29. The fourth-order valence-electron chi connectivity index (χ4n) is 3.94. The Morgan fingerprint density at radius 3 is 2.34 bits per heavy atom. The molecule has 0 radical (unpaired) electrons. The van der Waals surface area contributed by atoms with E-state index in [1.165, 1.54) is 17.3 Å². The van der Waals surface area contributed by atoms with Crippen molar-refractivity contribution in [1.29, 1.82) is 0 Å². The number of hydrogen-bond donors (Lipinski definition) is 2. The summed E-state index contributed by atoms with van der Waals surface area (Å²) in [6.45, 7) is 2.00. The third-order valence-corrected chi connectivity index (χ3v) is 6.59. The number of ether oxygens (including phenoxy) is 1. The van der Waals surface area contributed by atoms with Crippen LogP contribution >= 0.6 is 11.8 Å². The first-order valence-corrected chi connectivity index (χ1v) is 12.2. The van der Waals surface area contributed by atoms with E-state index in [1.54, 1.807) is 28.9 Å². The van der Waals surface area contributed by atoms with Crippen LogP contribution in [0.25, 0.3) is 0 Å². The van der Waals surface area contributed by atoms with E-state index in [1.807, 2.05) is 55.5 Å². The highest BCUT2D eigenvalue weighted by Crippen LogP contribution is 2.37. The molecule has 176 valence electrons. The highest BCUT2D eigenvalue weighted by Gasteiger charge is 2.35. The molecular formula is C27H24N4O3S. The van der Waals surface area contributed by atoms with E-state index >= 15 is 0 Å². The number of carbonyl (C=O) groups excluding carboxylic acids is 1. The number of carbonyl (C=O) groups is 1. The second kappa shape index (κ2) is 10.1. The maximum Gasteiger partial charge on any atom is 0.338 e. The lowest BCUT2D eigenvalue weighted by molar-refractivity contribution is -0.140. The van der Waals surface area contributed by atoms with Gasteiger partial charge in [-0.15, -0.1) is 5.10 Å². The Morgan fingerprint density at radius 2 is 1.66 bits per heavy atom. The first kappa shape index (κ1) is 22.7. The first-order chi connectivity index (χ1) is 17.1. The van der Waals surface area contributed by atoms with Crippen LogP contribution in [0.2, 0.25) is 0 Å². The molecule has 7 nitrogen and oxygen atoms in total. The lowest BCUT2D eigenvalue weighted by Crippen LogP contribution is -2.29. The van der Waals surface area contributed by atoms with Crippen molar-refractivity contribution in [1.82, 2.24) is 14.8 Å². The number of aromatic nitrogens is 3. The highest BCUT2D eigenvalue weighted by molar-refractivity contribution is 7.98. The van der Waals surface area contributed by atoms with Crippen molar-refractivity contribution in [3.63, 3.8) is 0 Å². The molecule has 35 heavy (non-hydrogen) atoms. The first-order valence-electron chi connectivity index (χ1n) is 11.2. The Hall–Kier alpha value is -4.04. The number of nitrogens with one attached hydrogen (secondary N) is 1. The average molecular weight is 485 g/mol. The molecule has 5 rings (SSSR count). The minimum absolute atomic E-state index is 0.148. The van der Waals surface area contributed by atoms with Crippen molar-refractivity contribution in [2.45, 2.75) is 30.5 Å². The Balaban J connectivity index is 1.45. The van der Waals surface area contributed by atoms with Crippen molar-refractivity contribution < 1.29 is 14.6 Å². The van der Waals surface area contributed by atoms with Crippen LogP contribution in [0, 0.1) is 0 Å². The van der Waals surface area contributed by atoms with Crippen LogP contribution in [0.4, 0.5) is 5.95 Å². The maximum absolute atomic E-state index is 13.3. The Morgan fingerprint density at radius 1 is 1.00 bits per heavy atom. The summed E-state index contributed by atoms with van der Waals surface area (Å²) in [4.78, 5) is 18.0. The molecule has 0 amide bonds. The number of anilines is 1. The van der Waals surface area contributed by atoms with E-state index in [2.05, 4.69) is 22.4 Å². The molecule has 0 saturated heterocycles.